The molecule has 0 bridgehead atoms. The van der Waals surface area contributed by atoms with E-state index in [1.54, 1.807) is 0 Å². The predicted octanol–water partition coefficient (Wildman–Crippen LogP) is 3.33. The Morgan fingerprint density at radius 1 is 1.33 bits per heavy atom. The van der Waals surface area contributed by atoms with Crippen molar-refractivity contribution in [1.29, 1.82) is 0 Å². The zero-order chi connectivity index (χ0) is 15.6. The minimum atomic E-state index is -4.58. The van der Waals surface area contributed by atoms with Crippen molar-refractivity contribution in [2.75, 3.05) is 5.32 Å². The van der Waals surface area contributed by atoms with Gasteiger partial charge < -0.3 is 5.32 Å². The van der Waals surface area contributed by atoms with Crippen molar-refractivity contribution in [3.63, 3.8) is 0 Å². The van der Waals surface area contributed by atoms with E-state index in [0.29, 0.717) is 0 Å². The van der Waals surface area contributed by atoms with Gasteiger partial charge in [-0.1, -0.05) is 11.6 Å². The van der Waals surface area contributed by atoms with Gasteiger partial charge in [0, 0.05) is 11.2 Å². The number of hydrogen-bond donors (Lipinski definition) is 1. The number of alkyl halides is 3. The van der Waals surface area contributed by atoms with Crippen molar-refractivity contribution in [3.8, 4) is 0 Å². The highest BCUT2D eigenvalue weighted by atomic mass is 35.5. The molecule has 0 unspecified atom stereocenters. The number of carbonyl (C=O) groups is 1. The molecule has 0 aliphatic carbocycles. The van der Waals surface area contributed by atoms with E-state index in [9.17, 15) is 22.4 Å². The Kier molecular flexibility index (Phi) is 4.17. The van der Waals surface area contributed by atoms with Gasteiger partial charge in [-0.15, -0.1) is 0 Å². The van der Waals surface area contributed by atoms with Crippen molar-refractivity contribution >= 4 is 23.2 Å². The highest BCUT2D eigenvalue weighted by Crippen LogP contribution is 2.27. The Morgan fingerprint density at radius 3 is 2.62 bits per heavy atom. The van der Waals surface area contributed by atoms with Gasteiger partial charge in [0.05, 0.1) is 5.69 Å². The molecule has 4 nitrogen and oxygen atoms in total. The van der Waals surface area contributed by atoms with Crippen LogP contribution in [-0.2, 0) is 17.5 Å². The summed E-state index contributed by atoms with van der Waals surface area (Å²) in [5.41, 5.74) is -1.22. The number of anilines is 1. The fraction of sp³-hybridized carbons (Fsp3) is 0.167. The van der Waals surface area contributed by atoms with Crippen molar-refractivity contribution in [2.45, 2.75) is 12.7 Å². The molecule has 0 spiro atoms. The van der Waals surface area contributed by atoms with Crippen LogP contribution in [0.15, 0.2) is 30.5 Å². The Labute approximate surface area is 121 Å². The van der Waals surface area contributed by atoms with E-state index in [0.717, 1.165) is 23.0 Å². The summed E-state index contributed by atoms with van der Waals surface area (Å²) >= 11 is 5.56. The van der Waals surface area contributed by atoms with Crippen LogP contribution in [0.2, 0.25) is 5.02 Å². The number of nitrogens with one attached hydrogen (secondary N) is 1. The highest BCUT2D eigenvalue weighted by Gasteiger charge is 2.33. The smallest absolute Gasteiger partial charge is 0.322 e. The number of halogens is 5. The number of nitrogens with zero attached hydrogens (tertiary/aromatic N) is 2. The van der Waals surface area contributed by atoms with Gasteiger partial charge >= 0.3 is 6.18 Å². The SMILES string of the molecule is O=C(Cn1ccc(C(F)(F)F)n1)Nc1ccc(Cl)cc1F. The summed E-state index contributed by atoms with van der Waals surface area (Å²) in [6.45, 7) is -0.474. The van der Waals surface area contributed by atoms with Crippen molar-refractivity contribution in [2.24, 2.45) is 0 Å². The van der Waals surface area contributed by atoms with Crippen LogP contribution in [0.5, 0.6) is 0 Å². The molecule has 0 saturated heterocycles. The second kappa shape index (κ2) is 5.72. The van der Waals surface area contributed by atoms with E-state index >= 15 is 0 Å². The van der Waals surface area contributed by atoms with Gasteiger partial charge in [0.15, 0.2) is 5.69 Å². The fourth-order valence-electron chi connectivity index (χ4n) is 1.53. The Hall–Kier alpha value is -2.09. The van der Waals surface area contributed by atoms with Gasteiger partial charge in [0.1, 0.15) is 12.4 Å². The fourth-order valence-corrected chi connectivity index (χ4v) is 1.69. The summed E-state index contributed by atoms with van der Waals surface area (Å²) in [6.07, 6.45) is -3.56. The summed E-state index contributed by atoms with van der Waals surface area (Å²) in [5, 5.41) is 5.59. The lowest BCUT2D eigenvalue weighted by Gasteiger charge is -2.07. The van der Waals surface area contributed by atoms with E-state index < -0.39 is 30.1 Å². The molecule has 0 radical (unpaired) electrons. The van der Waals surface area contributed by atoms with E-state index in [1.807, 2.05) is 0 Å². The van der Waals surface area contributed by atoms with Crippen LogP contribution < -0.4 is 5.32 Å². The van der Waals surface area contributed by atoms with Gasteiger partial charge in [-0.05, 0) is 24.3 Å². The highest BCUT2D eigenvalue weighted by molar-refractivity contribution is 6.30. The average Bonchev–Trinajstić information content (AvgIpc) is 2.81. The van der Waals surface area contributed by atoms with Crippen molar-refractivity contribution in [3.05, 3.63) is 47.0 Å². The van der Waals surface area contributed by atoms with Crippen LogP contribution in [0.25, 0.3) is 0 Å². The quantitative estimate of drug-likeness (QED) is 0.881. The maximum absolute atomic E-state index is 13.4. The molecule has 1 aromatic carbocycles. The van der Waals surface area contributed by atoms with Crippen LogP contribution in [0.3, 0.4) is 0 Å². The Morgan fingerprint density at radius 2 is 2.05 bits per heavy atom. The number of benzene rings is 1. The summed E-state index contributed by atoms with van der Waals surface area (Å²) in [6, 6.07) is 4.37. The van der Waals surface area contributed by atoms with Gasteiger partial charge in [-0.2, -0.15) is 18.3 Å². The van der Waals surface area contributed by atoms with Gasteiger partial charge in [0.25, 0.3) is 0 Å². The third-order valence-corrected chi connectivity index (χ3v) is 2.68. The minimum absolute atomic E-state index is 0.118. The lowest BCUT2D eigenvalue weighted by atomic mass is 10.3. The molecule has 1 heterocycles. The predicted molar refractivity (Wildman–Crippen MR) is 67.3 cm³/mol. The molecule has 112 valence electrons. The number of amides is 1. The zero-order valence-electron chi connectivity index (χ0n) is 10.3. The largest absolute Gasteiger partial charge is 0.435 e. The lowest BCUT2D eigenvalue weighted by Crippen LogP contribution is -2.20. The van der Waals surface area contributed by atoms with Crippen LogP contribution in [0.1, 0.15) is 5.69 Å². The third-order valence-electron chi connectivity index (χ3n) is 2.44. The van der Waals surface area contributed by atoms with Crippen molar-refractivity contribution < 1.29 is 22.4 Å². The first-order chi connectivity index (χ1) is 9.75. The number of aromatic nitrogens is 2. The monoisotopic (exact) mass is 321 g/mol. The second-order valence-electron chi connectivity index (χ2n) is 4.07. The normalized spacial score (nSPS) is 11.5. The first-order valence-electron chi connectivity index (χ1n) is 5.61. The molecule has 1 aromatic heterocycles. The summed E-state index contributed by atoms with van der Waals surface area (Å²) in [4.78, 5) is 11.6. The van der Waals surface area contributed by atoms with E-state index in [-0.39, 0.29) is 10.7 Å². The summed E-state index contributed by atoms with van der Waals surface area (Å²) < 4.78 is 51.3. The first kappa shape index (κ1) is 15.3. The zero-order valence-corrected chi connectivity index (χ0v) is 11.0. The van der Waals surface area contributed by atoms with E-state index in [4.69, 9.17) is 11.6 Å². The number of carbonyl (C=O) groups excluding carboxylic acids is 1. The van der Waals surface area contributed by atoms with Crippen molar-refractivity contribution in [1.82, 2.24) is 9.78 Å². The molecule has 1 amide bonds. The average molecular weight is 322 g/mol. The van der Waals surface area contributed by atoms with Crippen LogP contribution >= 0.6 is 11.6 Å². The maximum atomic E-state index is 13.4. The van der Waals surface area contributed by atoms with Crippen LogP contribution in [-0.4, -0.2) is 15.7 Å². The molecule has 0 fully saturated rings. The summed E-state index contributed by atoms with van der Waals surface area (Å²) in [5.74, 6) is -1.46. The number of rotatable bonds is 3. The minimum Gasteiger partial charge on any atom is -0.322 e. The molecule has 9 heteroatoms. The van der Waals surface area contributed by atoms with E-state index in [1.165, 1.54) is 12.1 Å². The van der Waals surface area contributed by atoms with E-state index in [2.05, 4.69) is 10.4 Å². The van der Waals surface area contributed by atoms with Gasteiger partial charge in [0.2, 0.25) is 5.91 Å². The Balaban J connectivity index is 2.03. The standard InChI is InChI=1S/C12H8ClF4N3O/c13-7-1-2-9(8(14)5-7)18-11(21)6-20-4-3-10(19-20)12(15,16)17/h1-5H,6H2,(H,18,21). The Bertz CT molecular complexity index is 669. The maximum Gasteiger partial charge on any atom is 0.435 e. The first-order valence-corrected chi connectivity index (χ1v) is 5.99. The summed E-state index contributed by atoms with van der Waals surface area (Å²) in [7, 11) is 0. The van der Waals surface area contributed by atoms with Gasteiger partial charge in [-0.3, -0.25) is 9.48 Å². The molecule has 0 atom stereocenters. The molecule has 2 rings (SSSR count). The molecule has 0 saturated carbocycles. The topological polar surface area (TPSA) is 46.9 Å². The molecule has 0 aliphatic rings. The molecular formula is C12H8ClF4N3O. The van der Waals surface area contributed by atoms with Crippen LogP contribution in [0.4, 0.5) is 23.2 Å². The van der Waals surface area contributed by atoms with Gasteiger partial charge in [-0.25, -0.2) is 4.39 Å². The molecule has 21 heavy (non-hydrogen) atoms. The lowest BCUT2D eigenvalue weighted by molar-refractivity contribution is -0.141. The third kappa shape index (κ3) is 3.94. The molecule has 2 aromatic rings. The molecule has 1 N–H and O–H groups in total. The second-order valence-corrected chi connectivity index (χ2v) is 4.51. The number of hydrogen-bond acceptors (Lipinski definition) is 2. The molecular weight excluding hydrogens is 314 g/mol. The van der Waals surface area contributed by atoms with Crippen LogP contribution in [0, 0.1) is 5.82 Å². The molecule has 0 aliphatic heterocycles.